The molecule has 5 nitrogen and oxygen atoms in total. The van der Waals surface area contributed by atoms with Gasteiger partial charge in [0.2, 0.25) is 0 Å². The molecule has 2 aromatic heterocycles. The van der Waals surface area contributed by atoms with Gasteiger partial charge in [-0.1, -0.05) is 6.92 Å². The number of rotatable bonds is 4. The third kappa shape index (κ3) is 2.38. The molecule has 0 aliphatic rings. The van der Waals surface area contributed by atoms with Crippen molar-refractivity contribution in [1.82, 2.24) is 25.1 Å². The third-order valence-corrected chi connectivity index (χ3v) is 2.04. The molecule has 78 valence electrons. The van der Waals surface area contributed by atoms with E-state index in [0.717, 1.165) is 24.5 Å². The lowest BCUT2D eigenvalue weighted by molar-refractivity contribution is 0.708. The Kier molecular flexibility index (Phi) is 3.04. The van der Waals surface area contributed by atoms with Gasteiger partial charge in [-0.3, -0.25) is 4.98 Å². The minimum Gasteiger partial charge on any atom is -0.311 e. The topological polar surface area (TPSA) is 55.6 Å². The molecule has 2 aromatic rings. The molecule has 0 saturated carbocycles. The summed E-state index contributed by atoms with van der Waals surface area (Å²) in [7, 11) is 0. The maximum Gasteiger partial charge on any atom is 0.138 e. The van der Waals surface area contributed by atoms with Crippen LogP contribution in [0.5, 0.6) is 0 Å². The van der Waals surface area contributed by atoms with Crippen molar-refractivity contribution in [2.24, 2.45) is 0 Å². The molecule has 0 amide bonds. The quantitative estimate of drug-likeness (QED) is 0.797. The van der Waals surface area contributed by atoms with E-state index in [1.54, 1.807) is 17.2 Å². The summed E-state index contributed by atoms with van der Waals surface area (Å²) in [4.78, 5) is 8.17. The fraction of sp³-hybridized carbons (Fsp3) is 0.300. The molecule has 2 rings (SSSR count). The van der Waals surface area contributed by atoms with E-state index in [1.165, 1.54) is 6.33 Å². The van der Waals surface area contributed by atoms with E-state index in [1.807, 2.05) is 12.1 Å². The van der Waals surface area contributed by atoms with Crippen molar-refractivity contribution in [2.45, 2.75) is 13.5 Å². The van der Waals surface area contributed by atoms with E-state index in [9.17, 15) is 0 Å². The SMILES string of the molecule is CCNCc1cc(-n2cncn2)ccn1. The third-order valence-electron chi connectivity index (χ3n) is 2.04. The summed E-state index contributed by atoms with van der Waals surface area (Å²) in [5, 5.41) is 7.29. The summed E-state index contributed by atoms with van der Waals surface area (Å²) in [6.07, 6.45) is 4.97. The second-order valence-electron chi connectivity index (χ2n) is 3.13. The minimum absolute atomic E-state index is 0.777. The fourth-order valence-electron chi connectivity index (χ4n) is 1.30. The highest BCUT2D eigenvalue weighted by molar-refractivity contribution is 5.30. The highest BCUT2D eigenvalue weighted by atomic mass is 15.3. The average molecular weight is 203 g/mol. The molecule has 0 aliphatic heterocycles. The Morgan fingerprint density at radius 1 is 1.47 bits per heavy atom. The Bertz CT molecular complexity index is 410. The molecule has 1 N–H and O–H groups in total. The molecule has 0 fully saturated rings. The van der Waals surface area contributed by atoms with Gasteiger partial charge in [-0.15, -0.1) is 0 Å². The Labute approximate surface area is 88.2 Å². The summed E-state index contributed by atoms with van der Waals surface area (Å²) < 4.78 is 1.72. The number of hydrogen-bond donors (Lipinski definition) is 1. The van der Waals surface area contributed by atoms with Crippen LogP contribution in [0.4, 0.5) is 0 Å². The largest absolute Gasteiger partial charge is 0.311 e. The Morgan fingerprint density at radius 2 is 2.40 bits per heavy atom. The molecule has 0 bridgehead atoms. The van der Waals surface area contributed by atoms with E-state index in [2.05, 4.69) is 27.3 Å². The summed E-state index contributed by atoms with van der Waals surface area (Å²) in [5.41, 5.74) is 1.99. The molecule has 0 aromatic carbocycles. The van der Waals surface area contributed by atoms with Gasteiger partial charge in [0.1, 0.15) is 12.7 Å². The van der Waals surface area contributed by atoms with Gasteiger partial charge in [-0.05, 0) is 18.7 Å². The van der Waals surface area contributed by atoms with Crippen molar-refractivity contribution < 1.29 is 0 Å². The van der Waals surface area contributed by atoms with E-state index < -0.39 is 0 Å². The van der Waals surface area contributed by atoms with E-state index >= 15 is 0 Å². The lowest BCUT2D eigenvalue weighted by Gasteiger charge is -2.04. The first-order valence-electron chi connectivity index (χ1n) is 4.91. The summed E-state index contributed by atoms with van der Waals surface area (Å²) in [5.74, 6) is 0. The zero-order valence-electron chi connectivity index (χ0n) is 8.59. The molecule has 2 heterocycles. The van der Waals surface area contributed by atoms with Gasteiger partial charge >= 0.3 is 0 Å². The summed E-state index contributed by atoms with van der Waals surface area (Å²) in [6.45, 7) is 3.79. The highest BCUT2D eigenvalue weighted by Crippen LogP contribution is 2.05. The maximum atomic E-state index is 4.26. The molecule has 0 saturated heterocycles. The summed E-state index contributed by atoms with van der Waals surface area (Å²) in [6, 6.07) is 3.90. The molecule has 0 aliphatic carbocycles. The lowest BCUT2D eigenvalue weighted by atomic mass is 10.3. The molecule has 0 unspecified atom stereocenters. The number of hydrogen-bond acceptors (Lipinski definition) is 4. The Hall–Kier alpha value is -1.75. The molecule has 15 heavy (non-hydrogen) atoms. The zero-order chi connectivity index (χ0) is 10.5. The zero-order valence-corrected chi connectivity index (χ0v) is 8.59. The van der Waals surface area contributed by atoms with Crippen LogP contribution in [0.15, 0.2) is 31.0 Å². The van der Waals surface area contributed by atoms with Crippen LogP contribution in [0.3, 0.4) is 0 Å². The molecule has 0 atom stereocenters. The molecular weight excluding hydrogens is 190 g/mol. The predicted molar refractivity (Wildman–Crippen MR) is 56.5 cm³/mol. The van der Waals surface area contributed by atoms with Crippen LogP contribution in [-0.4, -0.2) is 26.3 Å². The first kappa shape index (κ1) is 9.79. The Balaban J connectivity index is 2.19. The van der Waals surface area contributed by atoms with Crippen LogP contribution in [-0.2, 0) is 6.54 Å². The monoisotopic (exact) mass is 203 g/mol. The van der Waals surface area contributed by atoms with Crippen molar-refractivity contribution in [1.29, 1.82) is 0 Å². The van der Waals surface area contributed by atoms with Gasteiger partial charge in [0.25, 0.3) is 0 Å². The number of aromatic nitrogens is 4. The number of nitrogens with one attached hydrogen (secondary N) is 1. The van der Waals surface area contributed by atoms with E-state index in [4.69, 9.17) is 0 Å². The van der Waals surface area contributed by atoms with Crippen molar-refractivity contribution in [2.75, 3.05) is 6.54 Å². The minimum atomic E-state index is 0.777. The van der Waals surface area contributed by atoms with E-state index in [-0.39, 0.29) is 0 Å². The normalized spacial score (nSPS) is 10.5. The molecule has 0 radical (unpaired) electrons. The first-order chi connectivity index (χ1) is 7.40. The summed E-state index contributed by atoms with van der Waals surface area (Å²) >= 11 is 0. The molecule has 0 spiro atoms. The van der Waals surface area contributed by atoms with Crippen LogP contribution < -0.4 is 5.32 Å². The second-order valence-corrected chi connectivity index (χ2v) is 3.13. The van der Waals surface area contributed by atoms with Crippen molar-refractivity contribution in [3.8, 4) is 5.69 Å². The number of nitrogens with zero attached hydrogens (tertiary/aromatic N) is 4. The molecule has 5 heteroatoms. The van der Waals surface area contributed by atoms with Gasteiger partial charge in [-0.2, -0.15) is 5.10 Å². The van der Waals surface area contributed by atoms with E-state index in [0.29, 0.717) is 0 Å². The van der Waals surface area contributed by atoms with Gasteiger partial charge in [-0.25, -0.2) is 9.67 Å². The maximum absolute atomic E-state index is 4.26. The van der Waals surface area contributed by atoms with Gasteiger partial charge in [0.15, 0.2) is 0 Å². The van der Waals surface area contributed by atoms with Crippen LogP contribution in [0.1, 0.15) is 12.6 Å². The van der Waals surface area contributed by atoms with Crippen molar-refractivity contribution >= 4 is 0 Å². The van der Waals surface area contributed by atoms with Gasteiger partial charge in [0, 0.05) is 12.7 Å². The highest BCUT2D eigenvalue weighted by Gasteiger charge is 1.99. The average Bonchev–Trinajstić information content (AvgIpc) is 2.80. The van der Waals surface area contributed by atoms with Gasteiger partial charge < -0.3 is 5.32 Å². The smallest absolute Gasteiger partial charge is 0.138 e. The lowest BCUT2D eigenvalue weighted by Crippen LogP contribution is -2.13. The number of pyridine rings is 1. The van der Waals surface area contributed by atoms with Crippen molar-refractivity contribution in [3.63, 3.8) is 0 Å². The first-order valence-corrected chi connectivity index (χ1v) is 4.91. The van der Waals surface area contributed by atoms with Crippen LogP contribution in [0, 0.1) is 0 Å². The van der Waals surface area contributed by atoms with Crippen LogP contribution >= 0.6 is 0 Å². The van der Waals surface area contributed by atoms with Crippen LogP contribution in [0.2, 0.25) is 0 Å². The van der Waals surface area contributed by atoms with Gasteiger partial charge in [0.05, 0.1) is 11.4 Å². The fourth-order valence-corrected chi connectivity index (χ4v) is 1.30. The predicted octanol–water partition coefficient (Wildman–Crippen LogP) is 0.772. The molecular formula is C10H13N5. The van der Waals surface area contributed by atoms with Crippen molar-refractivity contribution in [3.05, 3.63) is 36.7 Å². The Morgan fingerprint density at radius 3 is 3.13 bits per heavy atom. The second kappa shape index (κ2) is 4.65. The standard InChI is InChI=1S/C10H13N5/c1-2-11-6-9-5-10(3-4-13-9)15-8-12-7-14-15/h3-5,7-8,11H,2,6H2,1H3. The van der Waals surface area contributed by atoms with Crippen LogP contribution in [0.25, 0.3) is 5.69 Å².